The highest BCUT2D eigenvalue weighted by Gasteiger charge is 1.94. The van der Waals surface area contributed by atoms with Crippen molar-refractivity contribution >= 4 is 11.4 Å². The van der Waals surface area contributed by atoms with Crippen molar-refractivity contribution in [2.45, 2.75) is 13.8 Å². The molecule has 0 bridgehead atoms. The zero-order valence-electron chi connectivity index (χ0n) is 6.61. The van der Waals surface area contributed by atoms with E-state index in [9.17, 15) is 0 Å². The Bertz CT molecular complexity index is 147. The first-order chi connectivity index (χ1) is 5.20. The van der Waals surface area contributed by atoms with Gasteiger partial charge < -0.3 is 15.2 Å². The number of rotatable bonds is 4. The molecular weight excluding hydrogens is 148 g/mol. The second-order valence-corrected chi connectivity index (χ2v) is 2.16. The molecule has 0 spiro atoms. The Labute approximate surface area is 65.0 Å². The van der Waals surface area contributed by atoms with E-state index < -0.39 is 0 Å². The van der Waals surface area contributed by atoms with E-state index in [1.165, 1.54) is 0 Å². The van der Waals surface area contributed by atoms with Gasteiger partial charge in [0.05, 0.1) is 24.6 Å². The summed E-state index contributed by atoms with van der Waals surface area (Å²) in [4.78, 5) is 0. The number of nitrogens with zero attached hydrogens (tertiary/aromatic N) is 2. The molecule has 0 saturated heterocycles. The minimum Gasteiger partial charge on any atom is -0.411 e. The normalized spacial score (nSPS) is 13.6. The minimum absolute atomic E-state index is 0.239. The summed E-state index contributed by atoms with van der Waals surface area (Å²) in [5.74, 6) is 0. The molecule has 2 N–H and O–H groups in total. The zero-order chi connectivity index (χ0) is 8.69. The average molecular weight is 160 g/mol. The smallest absolute Gasteiger partial charge is 0.0884 e. The van der Waals surface area contributed by atoms with Gasteiger partial charge in [-0.1, -0.05) is 10.3 Å². The van der Waals surface area contributed by atoms with Crippen LogP contribution in [0.4, 0.5) is 0 Å². The van der Waals surface area contributed by atoms with E-state index in [2.05, 4.69) is 10.3 Å². The quantitative estimate of drug-likeness (QED) is 0.361. The molecule has 0 rings (SSSR count). The van der Waals surface area contributed by atoms with Gasteiger partial charge in [0.15, 0.2) is 0 Å². The maximum absolute atomic E-state index is 8.19. The fraction of sp³-hybridized carbons (Fsp3) is 0.667. The van der Waals surface area contributed by atoms with Gasteiger partial charge in [0, 0.05) is 0 Å². The van der Waals surface area contributed by atoms with Crippen molar-refractivity contribution in [2.75, 3.05) is 13.2 Å². The molecule has 11 heavy (non-hydrogen) atoms. The molecule has 0 aliphatic carbocycles. The molecule has 0 radical (unpaired) electrons. The topological polar surface area (TPSA) is 74.4 Å². The summed E-state index contributed by atoms with van der Waals surface area (Å²) >= 11 is 0. The lowest BCUT2D eigenvalue weighted by atomic mass is 10.4. The Balaban J connectivity index is 3.43. The third-order valence-corrected chi connectivity index (χ3v) is 0.963. The molecule has 0 heterocycles. The zero-order valence-corrected chi connectivity index (χ0v) is 6.61. The predicted octanol–water partition coefficient (Wildman–Crippen LogP) is 0.703. The lowest BCUT2D eigenvalue weighted by Crippen LogP contribution is -2.10. The molecule has 0 aromatic rings. The van der Waals surface area contributed by atoms with E-state index in [1.54, 1.807) is 13.8 Å². The van der Waals surface area contributed by atoms with E-state index in [0.717, 1.165) is 0 Å². The monoisotopic (exact) mass is 160 g/mol. The lowest BCUT2D eigenvalue weighted by Gasteiger charge is -1.99. The first-order valence-electron chi connectivity index (χ1n) is 3.13. The molecule has 64 valence electrons. The van der Waals surface area contributed by atoms with E-state index in [0.29, 0.717) is 11.4 Å². The Kier molecular flexibility index (Phi) is 5.10. The highest BCUT2D eigenvalue weighted by Crippen LogP contribution is 1.82. The molecule has 0 saturated carbocycles. The maximum atomic E-state index is 8.19. The van der Waals surface area contributed by atoms with Gasteiger partial charge in [-0.3, -0.25) is 0 Å². The number of hydrogen-bond donors (Lipinski definition) is 2. The van der Waals surface area contributed by atoms with E-state index in [4.69, 9.17) is 15.2 Å². The van der Waals surface area contributed by atoms with Gasteiger partial charge in [0.2, 0.25) is 0 Å². The Morgan fingerprint density at radius 3 is 1.73 bits per heavy atom. The fourth-order valence-electron chi connectivity index (χ4n) is 0.404. The molecule has 0 unspecified atom stereocenters. The van der Waals surface area contributed by atoms with Crippen LogP contribution in [0.3, 0.4) is 0 Å². The summed E-state index contributed by atoms with van der Waals surface area (Å²) in [7, 11) is 0. The fourth-order valence-corrected chi connectivity index (χ4v) is 0.404. The van der Waals surface area contributed by atoms with Gasteiger partial charge in [0.25, 0.3) is 0 Å². The second-order valence-electron chi connectivity index (χ2n) is 2.16. The first-order valence-corrected chi connectivity index (χ1v) is 3.13. The van der Waals surface area contributed by atoms with Gasteiger partial charge in [-0.05, 0) is 13.8 Å². The van der Waals surface area contributed by atoms with Gasteiger partial charge in [-0.2, -0.15) is 0 Å². The molecular formula is C6H12N2O3. The van der Waals surface area contributed by atoms with Gasteiger partial charge in [-0.25, -0.2) is 0 Å². The molecule has 0 aliphatic heterocycles. The van der Waals surface area contributed by atoms with E-state index >= 15 is 0 Å². The third-order valence-electron chi connectivity index (χ3n) is 0.963. The maximum Gasteiger partial charge on any atom is 0.0884 e. The van der Waals surface area contributed by atoms with Crippen LogP contribution in [0.25, 0.3) is 0 Å². The third kappa shape index (κ3) is 5.35. The summed E-state index contributed by atoms with van der Waals surface area (Å²) in [5, 5.41) is 22.2. The summed E-state index contributed by atoms with van der Waals surface area (Å²) < 4.78 is 4.96. The Morgan fingerprint density at radius 1 is 1.09 bits per heavy atom. The van der Waals surface area contributed by atoms with Crippen molar-refractivity contribution in [2.24, 2.45) is 10.3 Å². The van der Waals surface area contributed by atoms with Crippen molar-refractivity contribution in [3.63, 3.8) is 0 Å². The van der Waals surface area contributed by atoms with Crippen LogP contribution in [-0.4, -0.2) is 35.1 Å². The second kappa shape index (κ2) is 5.67. The minimum atomic E-state index is 0.239. The van der Waals surface area contributed by atoms with Gasteiger partial charge in [0.1, 0.15) is 0 Å². The van der Waals surface area contributed by atoms with Crippen LogP contribution in [0.2, 0.25) is 0 Å². The summed E-state index contributed by atoms with van der Waals surface area (Å²) in [6.45, 7) is 3.74. The summed E-state index contributed by atoms with van der Waals surface area (Å²) in [6, 6.07) is 0. The lowest BCUT2D eigenvalue weighted by molar-refractivity contribution is 0.204. The Hall–Kier alpha value is -1.10. The SMILES string of the molecule is CC(COCC(C)=NO)=NO. The number of hydrogen-bond acceptors (Lipinski definition) is 5. The Morgan fingerprint density at radius 2 is 1.45 bits per heavy atom. The largest absolute Gasteiger partial charge is 0.411 e. The summed E-state index contributed by atoms with van der Waals surface area (Å²) in [6.07, 6.45) is 0. The average Bonchev–Trinajstić information content (AvgIpc) is 2.04. The van der Waals surface area contributed by atoms with Crippen LogP contribution in [0, 0.1) is 0 Å². The van der Waals surface area contributed by atoms with Crippen LogP contribution in [0.1, 0.15) is 13.8 Å². The molecule has 0 amide bonds. The van der Waals surface area contributed by atoms with Crippen LogP contribution in [0.15, 0.2) is 10.3 Å². The van der Waals surface area contributed by atoms with E-state index in [-0.39, 0.29) is 13.2 Å². The predicted molar refractivity (Wildman–Crippen MR) is 40.6 cm³/mol. The van der Waals surface area contributed by atoms with Crippen molar-refractivity contribution in [1.82, 2.24) is 0 Å². The number of ether oxygens (including phenoxy) is 1. The molecule has 0 fully saturated rings. The van der Waals surface area contributed by atoms with Crippen LogP contribution in [-0.2, 0) is 4.74 Å². The van der Waals surface area contributed by atoms with Gasteiger partial charge >= 0.3 is 0 Å². The molecule has 0 atom stereocenters. The molecule has 5 nitrogen and oxygen atoms in total. The number of oxime groups is 2. The van der Waals surface area contributed by atoms with Crippen molar-refractivity contribution in [1.29, 1.82) is 0 Å². The molecule has 5 heteroatoms. The van der Waals surface area contributed by atoms with Gasteiger partial charge in [-0.15, -0.1) is 0 Å². The van der Waals surface area contributed by atoms with Crippen molar-refractivity contribution < 1.29 is 15.2 Å². The molecule has 0 aromatic heterocycles. The van der Waals surface area contributed by atoms with Crippen molar-refractivity contribution in [3.8, 4) is 0 Å². The highest BCUT2D eigenvalue weighted by atomic mass is 16.5. The molecule has 0 aliphatic rings. The van der Waals surface area contributed by atoms with E-state index in [1.807, 2.05) is 0 Å². The van der Waals surface area contributed by atoms with Crippen molar-refractivity contribution in [3.05, 3.63) is 0 Å². The first kappa shape index (κ1) is 9.90. The van der Waals surface area contributed by atoms with Crippen LogP contribution in [0.5, 0.6) is 0 Å². The summed E-state index contributed by atoms with van der Waals surface area (Å²) in [5.41, 5.74) is 0.964. The highest BCUT2D eigenvalue weighted by molar-refractivity contribution is 5.84. The molecule has 0 aromatic carbocycles. The standard InChI is InChI=1S/C6H12N2O3/c1-5(7-9)3-11-4-6(2)8-10/h9-10H,3-4H2,1-2H3. The van der Waals surface area contributed by atoms with Crippen LogP contribution >= 0.6 is 0 Å². The van der Waals surface area contributed by atoms with Crippen LogP contribution < -0.4 is 0 Å².